The number of hydrogen-bond acceptors (Lipinski definition) is 5. The van der Waals surface area contributed by atoms with Crippen LogP contribution in [0.1, 0.15) is 17.3 Å². The van der Waals surface area contributed by atoms with Crippen molar-refractivity contribution in [3.63, 3.8) is 0 Å². The fourth-order valence-electron chi connectivity index (χ4n) is 1.87. The number of benzene rings is 2. The van der Waals surface area contributed by atoms with Crippen LogP contribution in [0.2, 0.25) is 0 Å². The summed E-state index contributed by atoms with van der Waals surface area (Å²) in [5.74, 6) is -2.38. The summed E-state index contributed by atoms with van der Waals surface area (Å²) in [4.78, 5) is 35.3. The van der Waals surface area contributed by atoms with E-state index in [1.807, 2.05) is 0 Å². The maximum absolute atomic E-state index is 13.0. The lowest BCUT2D eigenvalue weighted by Gasteiger charge is -2.14. The zero-order chi connectivity index (χ0) is 18.9. The van der Waals surface area contributed by atoms with E-state index in [9.17, 15) is 18.8 Å². The van der Waals surface area contributed by atoms with Crippen molar-refractivity contribution in [1.29, 1.82) is 0 Å². The maximum Gasteiger partial charge on any atom is 0.344 e. The molecule has 8 heteroatoms. The quantitative estimate of drug-likeness (QED) is 0.603. The predicted molar refractivity (Wildman–Crippen MR) is 89.5 cm³/mol. The van der Waals surface area contributed by atoms with E-state index < -0.39 is 36.3 Å². The van der Waals surface area contributed by atoms with Crippen LogP contribution in [0.15, 0.2) is 54.6 Å². The molecule has 0 aromatic heterocycles. The van der Waals surface area contributed by atoms with Crippen molar-refractivity contribution in [3.05, 3.63) is 66.0 Å². The van der Waals surface area contributed by atoms with Gasteiger partial charge < -0.3 is 9.47 Å². The molecule has 2 aromatic carbocycles. The van der Waals surface area contributed by atoms with Crippen molar-refractivity contribution in [2.24, 2.45) is 0 Å². The minimum atomic E-state index is -1.16. The molecule has 26 heavy (non-hydrogen) atoms. The third-order valence-corrected chi connectivity index (χ3v) is 3.17. The average molecular weight is 360 g/mol. The largest absolute Gasteiger partial charge is 0.482 e. The van der Waals surface area contributed by atoms with Gasteiger partial charge in [-0.3, -0.25) is 20.4 Å². The SMILES string of the molecule is C[C@@H](OC(=O)COc1cccc(F)c1)C(=O)NNC(=O)c1ccccc1. The van der Waals surface area contributed by atoms with Crippen molar-refractivity contribution >= 4 is 17.8 Å². The summed E-state index contributed by atoms with van der Waals surface area (Å²) in [6, 6.07) is 13.5. The number of ether oxygens (including phenoxy) is 2. The standard InChI is InChI=1S/C18H17FN2O5/c1-12(17(23)20-21-18(24)13-6-3-2-4-7-13)26-16(22)11-25-15-9-5-8-14(19)10-15/h2-10,12H,11H2,1H3,(H,20,23)(H,21,24)/t12-/m1/s1. The summed E-state index contributed by atoms with van der Waals surface area (Å²) >= 11 is 0. The van der Waals surface area contributed by atoms with E-state index in [0.717, 1.165) is 6.07 Å². The third-order valence-electron chi connectivity index (χ3n) is 3.17. The first-order valence-corrected chi connectivity index (χ1v) is 7.69. The Morgan fingerprint density at radius 2 is 1.77 bits per heavy atom. The highest BCUT2D eigenvalue weighted by Gasteiger charge is 2.19. The third kappa shape index (κ3) is 5.90. The van der Waals surface area contributed by atoms with Crippen molar-refractivity contribution in [2.75, 3.05) is 6.61 Å². The van der Waals surface area contributed by atoms with Gasteiger partial charge in [0.1, 0.15) is 11.6 Å². The monoisotopic (exact) mass is 360 g/mol. The highest BCUT2D eigenvalue weighted by Crippen LogP contribution is 2.11. The van der Waals surface area contributed by atoms with Crippen LogP contribution in [0.25, 0.3) is 0 Å². The molecule has 0 aliphatic carbocycles. The van der Waals surface area contributed by atoms with E-state index in [0.29, 0.717) is 5.56 Å². The predicted octanol–water partition coefficient (Wildman–Crippen LogP) is 1.60. The van der Waals surface area contributed by atoms with Crippen LogP contribution in [-0.4, -0.2) is 30.5 Å². The lowest BCUT2D eigenvalue weighted by atomic mass is 10.2. The van der Waals surface area contributed by atoms with Crippen molar-refractivity contribution < 1.29 is 28.2 Å². The normalized spacial score (nSPS) is 11.2. The Bertz CT molecular complexity index is 782. The van der Waals surface area contributed by atoms with E-state index in [1.54, 1.807) is 30.3 Å². The van der Waals surface area contributed by atoms with Gasteiger partial charge in [-0.05, 0) is 31.2 Å². The second-order valence-electron chi connectivity index (χ2n) is 5.19. The van der Waals surface area contributed by atoms with Gasteiger partial charge in [-0.15, -0.1) is 0 Å². The first-order chi connectivity index (χ1) is 12.5. The number of carbonyl (C=O) groups is 3. The second kappa shape index (κ2) is 9.16. The summed E-state index contributed by atoms with van der Waals surface area (Å²) in [5, 5.41) is 0. The molecule has 2 rings (SSSR count). The molecular formula is C18H17FN2O5. The minimum absolute atomic E-state index is 0.161. The number of hydrazine groups is 1. The van der Waals surface area contributed by atoms with Gasteiger partial charge in [0.2, 0.25) is 0 Å². The van der Waals surface area contributed by atoms with Gasteiger partial charge in [0.05, 0.1) is 0 Å². The molecule has 1 atom stereocenters. The molecule has 0 bridgehead atoms. The Labute approximate surface area is 149 Å². The van der Waals surface area contributed by atoms with Gasteiger partial charge in [-0.1, -0.05) is 24.3 Å². The fraction of sp³-hybridized carbons (Fsp3) is 0.167. The van der Waals surface area contributed by atoms with Gasteiger partial charge in [0.25, 0.3) is 11.8 Å². The van der Waals surface area contributed by atoms with Crippen LogP contribution in [0, 0.1) is 5.82 Å². The first kappa shape index (κ1) is 18.9. The average Bonchev–Trinajstić information content (AvgIpc) is 2.65. The van der Waals surface area contributed by atoms with Crippen LogP contribution >= 0.6 is 0 Å². The van der Waals surface area contributed by atoms with Gasteiger partial charge in [0, 0.05) is 11.6 Å². The van der Waals surface area contributed by atoms with Gasteiger partial charge in [-0.2, -0.15) is 0 Å². The lowest BCUT2D eigenvalue weighted by Crippen LogP contribution is -2.47. The van der Waals surface area contributed by atoms with E-state index in [-0.39, 0.29) is 5.75 Å². The van der Waals surface area contributed by atoms with Gasteiger partial charge in [-0.25, -0.2) is 9.18 Å². The number of carbonyl (C=O) groups excluding carboxylic acids is 3. The van der Waals surface area contributed by atoms with Gasteiger partial charge in [0.15, 0.2) is 12.7 Å². The molecule has 2 amide bonds. The molecule has 0 fully saturated rings. The molecular weight excluding hydrogens is 343 g/mol. The molecule has 0 unspecified atom stereocenters. The molecule has 0 aliphatic rings. The number of halogens is 1. The Morgan fingerprint density at radius 1 is 1.04 bits per heavy atom. The highest BCUT2D eigenvalue weighted by molar-refractivity contribution is 5.95. The maximum atomic E-state index is 13.0. The molecule has 0 spiro atoms. The number of nitrogens with one attached hydrogen (secondary N) is 2. The Hall–Kier alpha value is -3.42. The first-order valence-electron chi connectivity index (χ1n) is 7.69. The summed E-state index contributed by atoms with van der Waals surface area (Å²) in [7, 11) is 0. The summed E-state index contributed by atoms with van der Waals surface area (Å²) in [6.07, 6.45) is -1.16. The molecule has 0 saturated carbocycles. The summed E-state index contributed by atoms with van der Waals surface area (Å²) in [5.41, 5.74) is 4.74. The van der Waals surface area contributed by atoms with E-state index in [4.69, 9.17) is 9.47 Å². The molecule has 136 valence electrons. The van der Waals surface area contributed by atoms with Crippen LogP contribution in [0.5, 0.6) is 5.75 Å². The van der Waals surface area contributed by atoms with E-state index in [1.165, 1.54) is 25.1 Å². The minimum Gasteiger partial charge on any atom is -0.482 e. The molecule has 0 aliphatic heterocycles. The summed E-state index contributed by atoms with van der Waals surface area (Å²) < 4.78 is 22.9. The van der Waals surface area contributed by atoms with E-state index >= 15 is 0 Å². The number of hydrogen-bond donors (Lipinski definition) is 2. The van der Waals surface area contributed by atoms with Crippen molar-refractivity contribution in [3.8, 4) is 5.75 Å². The van der Waals surface area contributed by atoms with Crippen molar-refractivity contribution in [2.45, 2.75) is 13.0 Å². The fourth-order valence-corrected chi connectivity index (χ4v) is 1.87. The molecule has 0 saturated heterocycles. The molecule has 0 radical (unpaired) electrons. The summed E-state index contributed by atoms with van der Waals surface area (Å²) in [6.45, 7) is 0.849. The Morgan fingerprint density at radius 3 is 2.46 bits per heavy atom. The topological polar surface area (TPSA) is 93.7 Å². The van der Waals surface area contributed by atoms with Crippen molar-refractivity contribution in [1.82, 2.24) is 10.9 Å². The molecule has 7 nitrogen and oxygen atoms in total. The zero-order valence-electron chi connectivity index (χ0n) is 13.9. The number of rotatable bonds is 6. The molecule has 2 aromatic rings. The van der Waals surface area contributed by atoms with Crippen LogP contribution in [-0.2, 0) is 14.3 Å². The highest BCUT2D eigenvalue weighted by atomic mass is 19.1. The lowest BCUT2D eigenvalue weighted by molar-refractivity contribution is -0.156. The van der Waals surface area contributed by atoms with Gasteiger partial charge >= 0.3 is 5.97 Å². The van der Waals surface area contributed by atoms with Crippen LogP contribution < -0.4 is 15.6 Å². The number of amides is 2. The van der Waals surface area contributed by atoms with E-state index in [2.05, 4.69) is 10.9 Å². The Balaban J connectivity index is 1.73. The number of esters is 1. The second-order valence-corrected chi connectivity index (χ2v) is 5.19. The van der Waals surface area contributed by atoms with Crippen LogP contribution in [0.3, 0.4) is 0 Å². The zero-order valence-corrected chi connectivity index (χ0v) is 13.9. The molecule has 2 N–H and O–H groups in total. The van der Waals surface area contributed by atoms with Crippen LogP contribution in [0.4, 0.5) is 4.39 Å². The Kier molecular flexibility index (Phi) is 6.67. The molecule has 0 heterocycles. The smallest absolute Gasteiger partial charge is 0.344 e.